The minimum atomic E-state index is -0.320. The third-order valence-corrected chi connectivity index (χ3v) is 2.48. The van der Waals surface area contributed by atoms with Gasteiger partial charge in [0.15, 0.2) is 0 Å². The predicted molar refractivity (Wildman–Crippen MR) is 57.1 cm³/mol. The van der Waals surface area contributed by atoms with Crippen LogP contribution in [0, 0.1) is 0 Å². The molecule has 76 valence electrons. The summed E-state index contributed by atoms with van der Waals surface area (Å²) >= 11 is 6.85. The van der Waals surface area contributed by atoms with Crippen LogP contribution in [0.25, 0.3) is 0 Å². The maximum atomic E-state index is 11.6. The van der Waals surface area contributed by atoms with Gasteiger partial charge in [0.1, 0.15) is 10.2 Å². The number of rotatable bonds is 2. The van der Waals surface area contributed by atoms with Crippen molar-refractivity contribution in [2.24, 2.45) is 0 Å². The molecule has 2 heterocycles. The van der Waals surface area contributed by atoms with Gasteiger partial charge in [0.05, 0.1) is 11.8 Å². The zero-order chi connectivity index (χ0) is 10.7. The fourth-order valence-corrected chi connectivity index (χ4v) is 1.58. The van der Waals surface area contributed by atoms with E-state index in [1.165, 1.54) is 12.4 Å². The van der Waals surface area contributed by atoms with Gasteiger partial charge in [0, 0.05) is 17.7 Å². The topological polar surface area (TPSA) is 67.8 Å². The average molecular weight is 241 g/mol. The molecule has 2 rings (SSSR count). The van der Waals surface area contributed by atoms with Gasteiger partial charge in [-0.05, 0) is 12.1 Å². The molecule has 0 aromatic carbocycles. The molecule has 0 saturated carbocycles. The molecule has 0 unspecified atom stereocenters. The van der Waals surface area contributed by atoms with E-state index in [4.69, 9.17) is 11.6 Å². The molecular weight excluding hydrogens is 236 g/mol. The van der Waals surface area contributed by atoms with Crippen LogP contribution < -0.4 is 5.32 Å². The number of nitrogens with zero attached hydrogens (tertiary/aromatic N) is 3. The molecule has 0 saturated heterocycles. The highest BCUT2D eigenvalue weighted by atomic mass is 35.5. The van der Waals surface area contributed by atoms with Gasteiger partial charge in [-0.25, -0.2) is 4.98 Å². The number of carbonyl (C=O) groups is 1. The number of hydrogen-bond acceptors (Lipinski definition) is 5. The number of pyridine rings is 1. The van der Waals surface area contributed by atoms with Crippen molar-refractivity contribution >= 4 is 34.0 Å². The molecule has 0 atom stereocenters. The van der Waals surface area contributed by atoms with Gasteiger partial charge in [-0.2, -0.15) is 0 Å². The highest BCUT2D eigenvalue weighted by Crippen LogP contribution is 2.15. The Balaban J connectivity index is 2.19. The van der Waals surface area contributed by atoms with Crippen molar-refractivity contribution in [1.29, 1.82) is 0 Å². The first-order valence-electron chi connectivity index (χ1n) is 3.96. The van der Waals surface area contributed by atoms with E-state index >= 15 is 0 Å². The summed E-state index contributed by atoms with van der Waals surface area (Å²) < 4.78 is 3.62. The standard InChI is InChI=1S/C8H5ClN4OS/c9-7-5(2-1-3-10-7)8(14)12-6-4-11-13-15-6/h1-4H,(H,12,14). The Labute approximate surface area is 94.3 Å². The Morgan fingerprint density at radius 1 is 1.53 bits per heavy atom. The predicted octanol–water partition coefficient (Wildman–Crippen LogP) is 1.84. The van der Waals surface area contributed by atoms with Gasteiger partial charge in [0.25, 0.3) is 5.91 Å². The summed E-state index contributed by atoms with van der Waals surface area (Å²) in [5.41, 5.74) is 0.326. The minimum absolute atomic E-state index is 0.174. The molecule has 0 spiro atoms. The molecule has 0 aliphatic rings. The number of anilines is 1. The van der Waals surface area contributed by atoms with Crippen LogP contribution in [-0.4, -0.2) is 20.5 Å². The minimum Gasteiger partial charge on any atom is -0.311 e. The lowest BCUT2D eigenvalue weighted by Crippen LogP contribution is -2.11. The molecule has 5 nitrogen and oxygen atoms in total. The maximum absolute atomic E-state index is 11.6. The van der Waals surface area contributed by atoms with Crippen molar-refractivity contribution in [3.05, 3.63) is 35.2 Å². The molecular formula is C8H5ClN4OS. The zero-order valence-electron chi connectivity index (χ0n) is 7.35. The quantitative estimate of drug-likeness (QED) is 0.814. The molecule has 15 heavy (non-hydrogen) atoms. The Morgan fingerprint density at radius 2 is 2.40 bits per heavy atom. The smallest absolute Gasteiger partial charge is 0.259 e. The van der Waals surface area contributed by atoms with Gasteiger partial charge < -0.3 is 5.32 Å². The molecule has 0 fully saturated rings. The number of aromatic nitrogens is 3. The fourth-order valence-electron chi connectivity index (χ4n) is 0.957. The molecule has 1 N–H and O–H groups in total. The molecule has 1 amide bonds. The molecule has 0 bridgehead atoms. The van der Waals surface area contributed by atoms with Crippen molar-refractivity contribution in [3.8, 4) is 0 Å². The highest BCUT2D eigenvalue weighted by Gasteiger charge is 2.11. The van der Waals surface area contributed by atoms with Crippen molar-refractivity contribution in [1.82, 2.24) is 14.6 Å². The van der Waals surface area contributed by atoms with Crippen LogP contribution >= 0.6 is 23.1 Å². The van der Waals surface area contributed by atoms with Gasteiger partial charge in [-0.15, -0.1) is 5.10 Å². The van der Waals surface area contributed by atoms with E-state index in [-0.39, 0.29) is 11.1 Å². The van der Waals surface area contributed by atoms with Gasteiger partial charge in [-0.1, -0.05) is 16.1 Å². The van der Waals surface area contributed by atoms with Gasteiger partial charge in [-0.3, -0.25) is 4.79 Å². The Kier molecular flexibility index (Phi) is 2.89. The van der Waals surface area contributed by atoms with E-state index < -0.39 is 0 Å². The van der Waals surface area contributed by atoms with E-state index in [1.54, 1.807) is 12.1 Å². The maximum Gasteiger partial charge on any atom is 0.259 e. The van der Waals surface area contributed by atoms with Gasteiger partial charge >= 0.3 is 0 Å². The Hall–Kier alpha value is -1.53. The summed E-state index contributed by atoms with van der Waals surface area (Å²) in [5, 5.41) is 6.95. The fraction of sp³-hybridized carbons (Fsp3) is 0. The summed E-state index contributed by atoms with van der Waals surface area (Å²) in [6.07, 6.45) is 2.99. The number of amides is 1. The largest absolute Gasteiger partial charge is 0.311 e. The van der Waals surface area contributed by atoms with E-state index in [2.05, 4.69) is 19.9 Å². The molecule has 7 heteroatoms. The first-order valence-corrected chi connectivity index (χ1v) is 5.12. The Morgan fingerprint density at radius 3 is 3.07 bits per heavy atom. The Bertz CT molecular complexity index is 473. The van der Waals surface area contributed by atoms with Crippen molar-refractivity contribution in [2.45, 2.75) is 0 Å². The third-order valence-electron chi connectivity index (χ3n) is 1.60. The van der Waals surface area contributed by atoms with Crippen molar-refractivity contribution in [2.75, 3.05) is 5.32 Å². The van der Waals surface area contributed by atoms with E-state index in [0.29, 0.717) is 10.6 Å². The van der Waals surface area contributed by atoms with Crippen LogP contribution in [0.3, 0.4) is 0 Å². The number of halogens is 1. The first-order chi connectivity index (χ1) is 7.27. The summed E-state index contributed by atoms with van der Waals surface area (Å²) in [6, 6.07) is 3.24. The SMILES string of the molecule is O=C(Nc1cnns1)c1cccnc1Cl. The van der Waals surface area contributed by atoms with Crippen LogP contribution in [0.5, 0.6) is 0 Å². The monoisotopic (exact) mass is 240 g/mol. The second kappa shape index (κ2) is 4.33. The lowest BCUT2D eigenvalue weighted by Gasteiger charge is -2.01. The summed E-state index contributed by atoms with van der Waals surface area (Å²) in [5.74, 6) is -0.320. The van der Waals surface area contributed by atoms with Crippen LogP contribution in [0.15, 0.2) is 24.5 Å². The second-order valence-electron chi connectivity index (χ2n) is 2.58. The molecule has 0 radical (unpaired) electrons. The molecule has 0 aliphatic carbocycles. The first kappa shape index (κ1) is 10.0. The van der Waals surface area contributed by atoms with Crippen LogP contribution in [-0.2, 0) is 0 Å². The van der Waals surface area contributed by atoms with Crippen LogP contribution in [0.2, 0.25) is 5.15 Å². The zero-order valence-corrected chi connectivity index (χ0v) is 8.92. The summed E-state index contributed by atoms with van der Waals surface area (Å²) in [6.45, 7) is 0. The number of carbonyl (C=O) groups excluding carboxylic acids is 1. The van der Waals surface area contributed by atoms with E-state index in [9.17, 15) is 4.79 Å². The molecule has 2 aromatic heterocycles. The lowest BCUT2D eigenvalue weighted by atomic mass is 10.3. The number of nitrogens with one attached hydrogen (secondary N) is 1. The average Bonchev–Trinajstić information content (AvgIpc) is 2.71. The normalized spacial score (nSPS) is 9.93. The van der Waals surface area contributed by atoms with Crippen molar-refractivity contribution in [3.63, 3.8) is 0 Å². The summed E-state index contributed by atoms with van der Waals surface area (Å²) in [7, 11) is 0. The van der Waals surface area contributed by atoms with Gasteiger partial charge in [0.2, 0.25) is 0 Å². The second-order valence-corrected chi connectivity index (χ2v) is 3.72. The lowest BCUT2D eigenvalue weighted by molar-refractivity contribution is 0.102. The number of hydrogen-bond donors (Lipinski definition) is 1. The summed E-state index contributed by atoms with van der Waals surface area (Å²) in [4.78, 5) is 15.5. The van der Waals surface area contributed by atoms with E-state index in [1.807, 2.05) is 0 Å². The van der Waals surface area contributed by atoms with E-state index in [0.717, 1.165) is 11.5 Å². The van der Waals surface area contributed by atoms with Crippen molar-refractivity contribution < 1.29 is 4.79 Å². The molecule has 0 aliphatic heterocycles. The molecule has 2 aromatic rings. The van der Waals surface area contributed by atoms with Crippen LogP contribution in [0.4, 0.5) is 5.00 Å². The van der Waals surface area contributed by atoms with Crippen LogP contribution in [0.1, 0.15) is 10.4 Å². The third kappa shape index (κ3) is 2.28. The highest BCUT2D eigenvalue weighted by molar-refractivity contribution is 7.10.